The monoisotopic (exact) mass is 491 g/mol. The van der Waals surface area contributed by atoms with E-state index in [-0.39, 0.29) is 10.8 Å². The molecule has 5 aromatic carbocycles. The van der Waals surface area contributed by atoms with Gasteiger partial charge in [0.15, 0.2) is 0 Å². The average Bonchev–Trinajstić information content (AvgIpc) is 3.31. The summed E-state index contributed by atoms with van der Waals surface area (Å²) in [5, 5.41) is 2.33. The third-order valence-corrected chi connectivity index (χ3v) is 9.05. The van der Waals surface area contributed by atoms with Crippen molar-refractivity contribution in [2.24, 2.45) is 0 Å². The van der Waals surface area contributed by atoms with Gasteiger partial charge < -0.3 is 9.32 Å². The summed E-state index contributed by atoms with van der Waals surface area (Å²) in [5.41, 5.74) is 13.5. The smallest absolute Gasteiger partial charge is 0.135 e. The maximum Gasteiger partial charge on any atom is 0.135 e. The zero-order chi connectivity index (χ0) is 25.8. The highest BCUT2D eigenvalue weighted by atomic mass is 16.3. The van der Waals surface area contributed by atoms with E-state index in [4.69, 9.17) is 4.42 Å². The van der Waals surface area contributed by atoms with Crippen LogP contribution in [-0.2, 0) is 10.8 Å². The summed E-state index contributed by atoms with van der Waals surface area (Å²) in [6.07, 6.45) is 0. The first-order valence-electron chi connectivity index (χ1n) is 13.5. The van der Waals surface area contributed by atoms with Gasteiger partial charge in [0.05, 0.1) is 17.1 Å². The number of anilines is 3. The van der Waals surface area contributed by atoms with E-state index in [1.165, 1.54) is 50.4 Å². The van der Waals surface area contributed by atoms with Crippen molar-refractivity contribution in [2.45, 2.75) is 38.5 Å². The van der Waals surface area contributed by atoms with Gasteiger partial charge in [0.1, 0.15) is 11.2 Å². The first-order valence-corrected chi connectivity index (χ1v) is 13.5. The fourth-order valence-electron chi connectivity index (χ4n) is 6.97. The topological polar surface area (TPSA) is 16.4 Å². The van der Waals surface area contributed by atoms with E-state index >= 15 is 0 Å². The summed E-state index contributed by atoms with van der Waals surface area (Å²) in [6, 6.07) is 37.7. The molecule has 0 saturated heterocycles. The molecule has 0 saturated carbocycles. The second-order valence-electron chi connectivity index (χ2n) is 11.8. The molecule has 0 atom stereocenters. The lowest BCUT2D eigenvalue weighted by atomic mass is 9.66. The van der Waals surface area contributed by atoms with Crippen LogP contribution >= 0.6 is 0 Å². The van der Waals surface area contributed by atoms with Crippen molar-refractivity contribution in [3.8, 4) is 11.1 Å². The van der Waals surface area contributed by atoms with Gasteiger partial charge in [0, 0.05) is 21.6 Å². The lowest BCUT2D eigenvalue weighted by Gasteiger charge is -2.49. The van der Waals surface area contributed by atoms with E-state index in [0.29, 0.717) is 0 Å². The van der Waals surface area contributed by atoms with Gasteiger partial charge in [-0.15, -0.1) is 0 Å². The van der Waals surface area contributed by atoms with Gasteiger partial charge in [-0.05, 0) is 69.8 Å². The minimum absolute atomic E-state index is 0.0608. The van der Waals surface area contributed by atoms with Crippen LogP contribution in [0.15, 0.2) is 108 Å². The number of hydrogen-bond donors (Lipinski definition) is 0. The molecule has 2 aliphatic rings. The van der Waals surface area contributed by atoms with Gasteiger partial charge in [0.25, 0.3) is 0 Å². The molecule has 38 heavy (non-hydrogen) atoms. The maximum absolute atomic E-state index is 6.10. The predicted octanol–water partition coefficient (Wildman–Crippen LogP) is 10.0. The summed E-state index contributed by atoms with van der Waals surface area (Å²) in [4.78, 5) is 2.52. The van der Waals surface area contributed by atoms with Crippen molar-refractivity contribution in [1.82, 2.24) is 0 Å². The van der Waals surface area contributed by atoms with Gasteiger partial charge in [-0.25, -0.2) is 0 Å². The van der Waals surface area contributed by atoms with Crippen molar-refractivity contribution in [1.29, 1.82) is 0 Å². The minimum Gasteiger partial charge on any atom is -0.456 e. The predicted molar refractivity (Wildman–Crippen MR) is 158 cm³/mol. The molecule has 0 bridgehead atoms. The van der Waals surface area contributed by atoms with E-state index in [0.717, 1.165) is 21.9 Å². The van der Waals surface area contributed by atoms with Crippen LogP contribution in [0.2, 0.25) is 0 Å². The molecular formula is C36H29NO. The highest BCUT2D eigenvalue weighted by Gasteiger charge is 2.45. The van der Waals surface area contributed by atoms with Crippen molar-refractivity contribution < 1.29 is 4.42 Å². The number of para-hydroxylation sites is 3. The molecule has 0 radical (unpaired) electrons. The Morgan fingerprint density at radius 2 is 1.11 bits per heavy atom. The molecule has 0 amide bonds. The molecule has 0 aliphatic carbocycles. The van der Waals surface area contributed by atoms with Crippen molar-refractivity contribution in [2.75, 3.05) is 4.90 Å². The Hall–Kier alpha value is -4.30. The van der Waals surface area contributed by atoms with Gasteiger partial charge in [0.2, 0.25) is 0 Å². The second-order valence-corrected chi connectivity index (χ2v) is 11.8. The summed E-state index contributed by atoms with van der Waals surface area (Å²) in [7, 11) is 0. The van der Waals surface area contributed by atoms with Crippen LogP contribution in [0, 0.1) is 0 Å². The molecule has 2 nitrogen and oxygen atoms in total. The Morgan fingerprint density at radius 3 is 1.95 bits per heavy atom. The normalized spacial score (nSPS) is 16.3. The summed E-state index contributed by atoms with van der Waals surface area (Å²) in [6.45, 7) is 9.48. The number of nitrogens with zero attached hydrogens (tertiary/aromatic N) is 1. The van der Waals surface area contributed by atoms with E-state index < -0.39 is 0 Å². The zero-order valence-corrected chi connectivity index (χ0v) is 22.2. The largest absolute Gasteiger partial charge is 0.456 e. The van der Waals surface area contributed by atoms with E-state index in [1.54, 1.807) is 0 Å². The highest BCUT2D eigenvalue weighted by molar-refractivity contribution is 6.06. The minimum atomic E-state index is -0.137. The van der Waals surface area contributed by atoms with Crippen molar-refractivity contribution in [3.05, 3.63) is 125 Å². The van der Waals surface area contributed by atoms with Crippen LogP contribution < -0.4 is 4.90 Å². The third-order valence-electron chi connectivity index (χ3n) is 9.05. The SMILES string of the molecule is CC1(C)c2ccccc2N2c3ccc(-c4ccc5oc6ccccc6c5c4)cc3C(C)(C)c3cccc1c32. The van der Waals surface area contributed by atoms with Crippen molar-refractivity contribution >= 4 is 39.0 Å². The van der Waals surface area contributed by atoms with Crippen LogP contribution in [0.4, 0.5) is 17.1 Å². The van der Waals surface area contributed by atoms with Crippen molar-refractivity contribution in [3.63, 3.8) is 0 Å². The molecule has 3 heterocycles. The number of hydrogen-bond acceptors (Lipinski definition) is 2. The van der Waals surface area contributed by atoms with Crippen LogP contribution in [-0.4, -0.2) is 0 Å². The van der Waals surface area contributed by atoms with Gasteiger partial charge in [-0.1, -0.05) is 94.4 Å². The van der Waals surface area contributed by atoms with E-state index in [2.05, 4.69) is 124 Å². The molecule has 0 spiro atoms. The van der Waals surface area contributed by atoms with Gasteiger partial charge >= 0.3 is 0 Å². The average molecular weight is 492 g/mol. The Balaban J connectivity index is 1.37. The molecule has 6 aromatic rings. The number of benzene rings is 5. The first kappa shape index (κ1) is 21.8. The molecular weight excluding hydrogens is 462 g/mol. The second kappa shape index (κ2) is 7.17. The lowest BCUT2D eigenvalue weighted by molar-refractivity contribution is 0.597. The van der Waals surface area contributed by atoms with E-state index in [9.17, 15) is 0 Å². The zero-order valence-electron chi connectivity index (χ0n) is 22.2. The number of rotatable bonds is 1. The van der Waals surface area contributed by atoms with Gasteiger partial charge in [-0.3, -0.25) is 0 Å². The standard InChI is InChI=1S/C36H29NO/c1-35(2)26-11-6-7-14-30(26)37-31-18-16-23(21-29(31)36(3,4)28-13-9-12-27(35)34(28)37)22-17-19-33-25(20-22)24-10-5-8-15-32(24)38-33/h5-21H,1-4H3. The van der Waals surface area contributed by atoms with Crippen LogP contribution in [0.1, 0.15) is 49.9 Å². The van der Waals surface area contributed by atoms with Crippen LogP contribution in [0.5, 0.6) is 0 Å². The number of furan rings is 1. The molecule has 2 heteroatoms. The molecule has 1 aromatic heterocycles. The summed E-state index contributed by atoms with van der Waals surface area (Å²) >= 11 is 0. The fourth-order valence-corrected chi connectivity index (χ4v) is 6.97. The molecule has 2 aliphatic heterocycles. The quantitative estimate of drug-likeness (QED) is 0.227. The fraction of sp³-hybridized carbons (Fsp3) is 0.167. The molecule has 0 N–H and O–H groups in total. The summed E-state index contributed by atoms with van der Waals surface area (Å²) < 4.78 is 6.10. The van der Waals surface area contributed by atoms with Crippen LogP contribution in [0.25, 0.3) is 33.1 Å². The first-order chi connectivity index (χ1) is 18.4. The Morgan fingerprint density at radius 1 is 0.500 bits per heavy atom. The lowest BCUT2D eigenvalue weighted by Crippen LogP contribution is -2.38. The molecule has 0 unspecified atom stereocenters. The Bertz CT molecular complexity index is 1940. The van der Waals surface area contributed by atoms with Crippen LogP contribution in [0.3, 0.4) is 0 Å². The van der Waals surface area contributed by atoms with Gasteiger partial charge in [-0.2, -0.15) is 0 Å². The Kier molecular flexibility index (Phi) is 4.10. The molecule has 8 rings (SSSR count). The number of fused-ring (bicyclic) bond motifs is 7. The summed E-state index contributed by atoms with van der Waals surface area (Å²) in [5.74, 6) is 0. The third kappa shape index (κ3) is 2.67. The van der Waals surface area contributed by atoms with E-state index in [1.807, 2.05) is 12.1 Å². The Labute approximate surface area is 223 Å². The highest BCUT2D eigenvalue weighted by Crippen LogP contribution is 2.60. The maximum atomic E-state index is 6.10. The molecule has 0 fully saturated rings. The molecule has 184 valence electrons.